The van der Waals surface area contributed by atoms with Crippen LogP contribution in [0.25, 0.3) is 0 Å². The number of anilines is 1. The first-order valence-electron chi connectivity index (χ1n) is 8.23. The Kier molecular flexibility index (Phi) is 4.05. The van der Waals surface area contributed by atoms with Crippen LogP contribution in [0.3, 0.4) is 0 Å². The number of nitrogens with zero attached hydrogens (tertiary/aromatic N) is 4. The SMILES string of the molecule is O=C(Nc1nc2c(s1)CN(C(=O)Cn1cccn1)CC2)C1CCC1. The van der Waals surface area contributed by atoms with E-state index in [0.717, 1.165) is 36.3 Å². The Morgan fingerprint density at radius 1 is 1.38 bits per heavy atom. The maximum absolute atomic E-state index is 12.4. The molecule has 2 aromatic heterocycles. The van der Waals surface area contributed by atoms with Crippen molar-refractivity contribution in [3.8, 4) is 0 Å². The highest BCUT2D eigenvalue weighted by atomic mass is 32.1. The van der Waals surface area contributed by atoms with Gasteiger partial charge in [-0.25, -0.2) is 4.98 Å². The van der Waals surface area contributed by atoms with Gasteiger partial charge in [-0.2, -0.15) is 5.10 Å². The van der Waals surface area contributed by atoms with Crippen molar-refractivity contribution in [2.24, 2.45) is 5.92 Å². The molecule has 1 aliphatic carbocycles. The molecule has 1 aliphatic heterocycles. The standard InChI is InChI=1S/C16H19N5O2S/c22-14(10-21-7-2-6-17-21)20-8-5-12-13(9-20)24-16(18-12)19-15(23)11-3-1-4-11/h2,6-7,11H,1,3-5,8-10H2,(H,18,19,23). The van der Waals surface area contributed by atoms with Gasteiger partial charge in [-0.1, -0.05) is 17.8 Å². The lowest BCUT2D eigenvalue weighted by Gasteiger charge is -2.26. The summed E-state index contributed by atoms with van der Waals surface area (Å²) in [6, 6.07) is 1.81. The van der Waals surface area contributed by atoms with Gasteiger partial charge in [0, 0.05) is 36.2 Å². The number of hydrogen-bond acceptors (Lipinski definition) is 5. The van der Waals surface area contributed by atoms with Crippen LogP contribution >= 0.6 is 11.3 Å². The van der Waals surface area contributed by atoms with Crippen LogP contribution in [-0.4, -0.2) is 38.0 Å². The number of aromatic nitrogens is 3. The summed E-state index contributed by atoms with van der Waals surface area (Å²) in [6.45, 7) is 1.48. The molecule has 7 nitrogen and oxygen atoms in total. The fourth-order valence-electron chi connectivity index (χ4n) is 2.97. The first-order valence-corrected chi connectivity index (χ1v) is 9.05. The molecule has 0 spiro atoms. The highest BCUT2D eigenvalue weighted by Crippen LogP contribution is 2.31. The molecule has 0 bridgehead atoms. The molecule has 1 fully saturated rings. The molecule has 0 radical (unpaired) electrons. The molecule has 0 atom stereocenters. The highest BCUT2D eigenvalue weighted by Gasteiger charge is 2.28. The molecule has 4 rings (SSSR count). The van der Waals surface area contributed by atoms with Crippen molar-refractivity contribution in [2.45, 2.75) is 38.8 Å². The number of rotatable bonds is 4. The van der Waals surface area contributed by atoms with E-state index in [0.29, 0.717) is 18.2 Å². The van der Waals surface area contributed by atoms with Crippen LogP contribution in [0.4, 0.5) is 5.13 Å². The van der Waals surface area contributed by atoms with E-state index in [1.54, 1.807) is 17.1 Å². The molecule has 0 unspecified atom stereocenters. The minimum Gasteiger partial charge on any atom is -0.335 e. The predicted molar refractivity (Wildman–Crippen MR) is 89.4 cm³/mol. The van der Waals surface area contributed by atoms with Crippen LogP contribution in [-0.2, 0) is 29.1 Å². The number of fused-ring (bicyclic) bond motifs is 1. The smallest absolute Gasteiger partial charge is 0.244 e. The van der Waals surface area contributed by atoms with Gasteiger partial charge in [0.15, 0.2) is 5.13 Å². The van der Waals surface area contributed by atoms with E-state index in [9.17, 15) is 9.59 Å². The first-order chi connectivity index (χ1) is 11.7. The quantitative estimate of drug-likeness (QED) is 0.914. The van der Waals surface area contributed by atoms with Crippen molar-refractivity contribution in [3.63, 3.8) is 0 Å². The summed E-state index contributed by atoms with van der Waals surface area (Å²) >= 11 is 1.49. The van der Waals surface area contributed by atoms with E-state index in [4.69, 9.17) is 0 Å². The number of nitrogens with one attached hydrogen (secondary N) is 1. The summed E-state index contributed by atoms with van der Waals surface area (Å²) in [4.78, 5) is 31.8. The lowest BCUT2D eigenvalue weighted by molar-refractivity contribution is -0.133. The number of hydrogen-bond donors (Lipinski definition) is 1. The van der Waals surface area contributed by atoms with Gasteiger partial charge in [-0.3, -0.25) is 14.3 Å². The van der Waals surface area contributed by atoms with Crippen molar-refractivity contribution in [3.05, 3.63) is 29.0 Å². The van der Waals surface area contributed by atoms with Crippen molar-refractivity contribution < 1.29 is 9.59 Å². The summed E-state index contributed by atoms with van der Waals surface area (Å²) in [5.74, 6) is 0.287. The third-order valence-corrected chi connectivity index (χ3v) is 5.64. The summed E-state index contributed by atoms with van der Waals surface area (Å²) in [7, 11) is 0. The summed E-state index contributed by atoms with van der Waals surface area (Å²) in [5.41, 5.74) is 1.01. The third kappa shape index (κ3) is 3.06. The van der Waals surface area contributed by atoms with Gasteiger partial charge in [0.25, 0.3) is 0 Å². The van der Waals surface area contributed by atoms with Crippen LogP contribution in [0.15, 0.2) is 18.5 Å². The van der Waals surface area contributed by atoms with Gasteiger partial charge in [0.05, 0.1) is 12.2 Å². The largest absolute Gasteiger partial charge is 0.335 e. The highest BCUT2D eigenvalue weighted by molar-refractivity contribution is 7.15. The van der Waals surface area contributed by atoms with Gasteiger partial charge < -0.3 is 10.2 Å². The number of carbonyl (C=O) groups is 2. The number of amides is 2. The Morgan fingerprint density at radius 2 is 2.25 bits per heavy atom. The number of carbonyl (C=O) groups excluding carboxylic acids is 2. The molecular formula is C16H19N5O2S. The van der Waals surface area contributed by atoms with Crippen LogP contribution in [0.2, 0.25) is 0 Å². The Labute approximate surface area is 143 Å². The molecule has 1 N–H and O–H groups in total. The fourth-order valence-corrected chi connectivity index (χ4v) is 4.00. The van der Waals surface area contributed by atoms with E-state index in [1.807, 2.05) is 11.0 Å². The van der Waals surface area contributed by atoms with E-state index in [-0.39, 0.29) is 24.3 Å². The molecule has 8 heteroatoms. The zero-order chi connectivity index (χ0) is 16.5. The van der Waals surface area contributed by atoms with Crippen molar-refractivity contribution in [2.75, 3.05) is 11.9 Å². The second-order valence-electron chi connectivity index (χ2n) is 6.27. The maximum atomic E-state index is 12.4. The lowest BCUT2D eigenvalue weighted by atomic mass is 9.85. The van der Waals surface area contributed by atoms with Crippen molar-refractivity contribution in [1.29, 1.82) is 0 Å². The third-order valence-electron chi connectivity index (χ3n) is 4.65. The lowest BCUT2D eigenvalue weighted by Crippen LogP contribution is -2.37. The zero-order valence-corrected chi connectivity index (χ0v) is 14.1. The molecule has 126 valence electrons. The molecule has 24 heavy (non-hydrogen) atoms. The number of thiazole rings is 1. The van der Waals surface area contributed by atoms with Gasteiger partial charge in [0.2, 0.25) is 11.8 Å². The van der Waals surface area contributed by atoms with Crippen molar-refractivity contribution >= 4 is 28.3 Å². The van der Waals surface area contributed by atoms with E-state index >= 15 is 0 Å². The van der Waals surface area contributed by atoms with Gasteiger partial charge in [-0.15, -0.1) is 0 Å². The second-order valence-corrected chi connectivity index (χ2v) is 7.36. The topological polar surface area (TPSA) is 80.1 Å². The van der Waals surface area contributed by atoms with Gasteiger partial charge >= 0.3 is 0 Å². The van der Waals surface area contributed by atoms with E-state index in [1.165, 1.54) is 11.3 Å². The summed E-state index contributed by atoms with van der Waals surface area (Å²) in [5, 5.41) is 7.67. The Morgan fingerprint density at radius 3 is 2.96 bits per heavy atom. The first kappa shape index (κ1) is 15.3. The summed E-state index contributed by atoms with van der Waals surface area (Å²) in [6.07, 6.45) is 7.28. The minimum absolute atomic E-state index is 0.0535. The molecule has 0 saturated heterocycles. The molecule has 1 saturated carbocycles. The van der Waals surface area contributed by atoms with Crippen LogP contribution < -0.4 is 5.32 Å². The predicted octanol–water partition coefficient (Wildman–Crippen LogP) is 1.66. The Bertz CT molecular complexity index is 751. The maximum Gasteiger partial charge on any atom is 0.244 e. The van der Waals surface area contributed by atoms with Crippen LogP contribution in [0.1, 0.15) is 29.8 Å². The van der Waals surface area contributed by atoms with Crippen LogP contribution in [0.5, 0.6) is 0 Å². The summed E-state index contributed by atoms with van der Waals surface area (Å²) < 4.78 is 1.63. The molecule has 3 heterocycles. The van der Waals surface area contributed by atoms with E-state index in [2.05, 4.69) is 15.4 Å². The molecule has 2 aromatic rings. The molecule has 0 aromatic carbocycles. The second kappa shape index (κ2) is 6.35. The minimum atomic E-state index is 0.0535. The Hall–Kier alpha value is -2.22. The van der Waals surface area contributed by atoms with Gasteiger partial charge in [-0.05, 0) is 18.9 Å². The van der Waals surface area contributed by atoms with Crippen molar-refractivity contribution in [1.82, 2.24) is 19.7 Å². The normalized spacial score (nSPS) is 17.2. The van der Waals surface area contributed by atoms with Gasteiger partial charge in [0.1, 0.15) is 6.54 Å². The van der Waals surface area contributed by atoms with Crippen LogP contribution in [0, 0.1) is 5.92 Å². The molecular weight excluding hydrogens is 326 g/mol. The van der Waals surface area contributed by atoms with E-state index < -0.39 is 0 Å². The average molecular weight is 345 g/mol. The zero-order valence-electron chi connectivity index (χ0n) is 13.3. The Balaban J connectivity index is 1.39. The fraction of sp³-hybridized carbons (Fsp3) is 0.500. The monoisotopic (exact) mass is 345 g/mol. The molecule has 2 aliphatic rings. The average Bonchev–Trinajstić information content (AvgIpc) is 3.12. The molecule has 2 amide bonds.